The first-order chi connectivity index (χ1) is 7.84. The Bertz CT molecular complexity index is 332. The molecule has 0 aliphatic rings. The van der Waals surface area contributed by atoms with E-state index in [1.54, 1.807) is 27.9 Å². The molecule has 0 spiro atoms. The molecular weight excluding hydrogens is 245 g/mol. The molecule has 0 heterocycles. The number of rotatable bonds is 5. The summed E-state index contributed by atoms with van der Waals surface area (Å²) in [6.07, 6.45) is 0. The first-order valence-corrected chi connectivity index (χ1v) is 6.60. The van der Waals surface area contributed by atoms with Crippen molar-refractivity contribution in [1.29, 1.82) is 0 Å². The molecule has 0 radical (unpaired) electrons. The zero-order valence-corrected chi connectivity index (χ0v) is 11.5. The van der Waals surface area contributed by atoms with E-state index < -0.39 is 7.75 Å². The van der Waals surface area contributed by atoms with Gasteiger partial charge < -0.3 is 16.4 Å². The van der Waals surface area contributed by atoms with E-state index in [9.17, 15) is 4.57 Å². The maximum atomic E-state index is 11.9. The normalized spacial score (nSPS) is 13.9. The Morgan fingerprint density at radius 1 is 1.24 bits per heavy atom. The summed E-state index contributed by atoms with van der Waals surface area (Å²) in [5, 5.41) is 0. The van der Waals surface area contributed by atoms with Gasteiger partial charge in [-0.2, -0.15) is 4.99 Å². The number of aliphatic imine (C=N–C) groups is 1. The highest BCUT2D eigenvalue weighted by molar-refractivity contribution is 7.52. The minimum absolute atomic E-state index is 0.144. The zero-order chi connectivity index (χ0) is 13.5. The van der Waals surface area contributed by atoms with Crippen LogP contribution in [0.5, 0.6) is 0 Å². The van der Waals surface area contributed by atoms with Crippen LogP contribution >= 0.6 is 7.75 Å². The van der Waals surface area contributed by atoms with E-state index >= 15 is 0 Å². The lowest BCUT2D eigenvalue weighted by molar-refractivity contribution is 0.221. The summed E-state index contributed by atoms with van der Waals surface area (Å²) in [7, 11) is -0.198. The molecule has 8 nitrogen and oxygen atoms in total. The third-order valence-electron chi connectivity index (χ3n) is 1.50. The van der Waals surface area contributed by atoms with Crippen LogP contribution in [-0.2, 0) is 13.6 Å². The Hall–Kier alpha value is -1.11. The second-order valence-electron chi connectivity index (χ2n) is 3.13. The quantitative estimate of drug-likeness (QED) is 0.421. The van der Waals surface area contributed by atoms with Crippen molar-refractivity contribution in [2.24, 2.45) is 21.2 Å². The Labute approximate surface area is 101 Å². The first-order valence-electron chi connectivity index (χ1n) is 5.11. The van der Waals surface area contributed by atoms with Crippen LogP contribution in [0.15, 0.2) is 9.76 Å². The molecule has 0 aromatic heterocycles. The number of hydrogen-bond donors (Lipinski definition) is 2. The molecule has 0 aliphatic carbocycles. The molecule has 0 bridgehead atoms. The molecule has 100 valence electrons. The fourth-order valence-electron chi connectivity index (χ4n) is 0.786. The Morgan fingerprint density at radius 3 is 2.06 bits per heavy atom. The van der Waals surface area contributed by atoms with Gasteiger partial charge >= 0.3 is 7.75 Å². The summed E-state index contributed by atoms with van der Waals surface area (Å²) in [4.78, 5) is 5.28. The molecule has 0 saturated carbocycles. The second kappa shape index (κ2) is 7.26. The molecule has 0 fully saturated rings. The first kappa shape index (κ1) is 15.9. The van der Waals surface area contributed by atoms with Crippen molar-refractivity contribution >= 4 is 19.7 Å². The van der Waals surface area contributed by atoms with Crippen molar-refractivity contribution in [3.8, 4) is 0 Å². The molecular formula is C8H20N5O3P. The Kier molecular flexibility index (Phi) is 6.79. The standard InChI is InChI=1S/C8H20N5O3P/c1-5-15-17(14,16-6-2)12-7(9)11-8(10)13(3)4/h5-6H2,1-4H3,(H4,9,10,11,12,14). The molecule has 0 saturated heterocycles. The molecule has 0 aliphatic heterocycles. The van der Waals surface area contributed by atoms with Gasteiger partial charge in [0.05, 0.1) is 13.2 Å². The number of nitrogens with two attached hydrogens (primary N) is 2. The van der Waals surface area contributed by atoms with E-state index in [1.807, 2.05) is 0 Å². The predicted octanol–water partition coefficient (Wildman–Crippen LogP) is 0.359. The number of hydrogen-bond acceptors (Lipinski definition) is 3. The van der Waals surface area contributed by atoms with Crippen molar-refractivity contribution in [1.82, 2.24) is 4.90 Å². The Morgan fingerprint density at radius 2 is 1.71 bits per heavy atom. The molecule has 0 atom stereocenters. The summed E-state index contributed by atoms with van der Waals surface area (Å²) in [5.74, 6) is -0.104. The smallest absolute Gasteiger partial charge is 0.369 e. The molecule has 0 aromatic carbocycles. The zero-order valence-electron chi connectivity index (χ0n) is 10.6. The average Bonchev–Trinajstić information content (AvgIpc) is 2.16. The molecule has 4 N–H and O–H groups in total. The maximum Gasteiger partial charge on any atom is 0.457 e. The number of guanidine groups is 2. The summed E-state index contributed by atoms with van der Waals surface area (Å²) in [6.45, 7) is 3.74. The van der Waals surface area contributed by atoms with E-state index in [-0.39, 0.29) is 25.1 Å². The highest BCUT2D eigenvalue weighted by Gasteiger charge is 2.23. The molecule has 17 heavy (non-hydrogen) atoms. The van der Waals surface area contributed by atoms with Crippen molar-refractivity contribution < 1.29 is 13.6 Å². The minimum Gasteiger partial charge on any atom is -0.369 e. The molecule has 0 rings (SSSR count). The van der Waals surface area contributed by atoms with Gasteiger partial charge in [-0.1, -0.05) is 0 Å². The summed E-state index contributed by atoms with van der Waals surface area (Å²) >= 11 is 0. The fraction of sp³-hybridized carbons (Fsp3) is 0.750. The van der Waals surface area contributed by atoms with Gasteiger partial charge in [-0.15, -0.1) is 4.76 Å². The lowest BCUT2D eigenvalue weighted by Crippen LogP contribution is -2.32. The summed E-state index contributed by atoms with van der Waals surface area (Å²) in [6, 6.07) is 0. The van der Waals surface area contributed by atoms with Crippen LogP contribution in [0.1, 0.15) is 13.8 Å². The lowest BCUT2D eigenvalue weighted by Gasteiger charge is -2.13. The van der Waals surface area contributed by atoms with Gasteiger partial charge in [0.25, 0.3) is 0 Å². The van der Waals surface area contributed by atoms with Crippen molar-refractivity contribution in [3.05, 3.63) is 0 Å². The van der Waals surface area contributed by atoms with Crippen LogP contribution < -0.4 is 11.5 Å². The molecule has 9 heteroatoms. The minimum atomic E-state index is -3.58. The van der Waals surface area contributed by atoms with Crippen LogP contribution in [0, 0.1) is 0 Å². The van der Waals surface area contributed by atoms with Gasteiger partial charge in [0.1, 0.15) is 0 Å². The van der Waals surface area contributed by atoms with Crippen LogP contribution in [0.25, 0.3) is 0 Å². The van der Waals surface area contributed by atoms with Crippen LogP contribution in [0.4, 0.5) is 0 Å². The van der Waals surface area contributed by atoms with E-state index in [0.29, 0.717) is 0 Å². The van der Waals surface area contributed by atoms with Gasteiger partial charge in [0.15, 0.2) is 5.96 Å². The van der Waals surface area contributed by atoms with Crippen molar-refractivity contribution in [2.75, 3.05) is 27.3 Å². The molecule has 0 aromatic rings. The van der Waals surface area contributed by atoms with Gasteiger partial charge in [0, 0.05) is 14.1 Å². The van der Waals surface area contributed by atoms with Gasteiger partial charge in [-0.05, 0) is 13.8 Å². The predicted molar refractivity (Wildman–Crippen MR) is 67.8 cm³/mol. The Balaban J connectivity index is 4.95. The number of nitrogens with zero attached hydrogens (tertiary/aromatic N) is 3. The highest BCUT2D eigenvalue weighted by atomic mass is 31.2. The third kappa shape index (κ3) is 6.25. The van der Waals surface area contributed by atoms with E-state index in [1.165, 1.54) is 4.90 Å². The highest BCUT2D eigenvalue weighted by Crippen LogP contribution is 2.49. The van der Waals surface area contributed by atoms with E-state index in [4.69, 9.17) is 20.5 Å². The maximum absolute atomic E-state index is 11.9. The molecule has 0 amide bonds. The monoisotopic (exact) mass is 265 g/mol. The largest absolute Gasteiger partial charge is 0.457 e. The van der Waals surface area contributed by atoms with Gasteiger partial charge in [0.2, 0.25) is 5.96 Å². The summed E-state index contributed by atoms with van der Waals surface area (Å²) < 4.78 is 25.4. The lowest BCUT2D eigenvalue weighted by atomic mass is 10.8. The van der Waals surface area contributed by atoms with Crippen LogP contribution in [0.2, 0.25) is 0 Å². The van der Waals surface area contributed by atoms with Gasteiger partial charge in [-0.3, -0.25) is 9.05 Å². The van der Waals surface area contributed by atoms with Crippen molar-refractivity contribution in [3.63, 3.8) is 0 Å². The topological polar surface area (TPSA) is 116 Å². The van der Waals surface area contributed by atoms with Crippen LogP contribution in [-0.4, -0.2) is 44.1 Å². The second-order valence-corrected chi connectivity index (χ2v) is 4.78. The molecule has 0 unspecified atom stereocenters. The third-order valence-corrected chi connectivity index (χ3v) is 3.12. The van der Waals surface area contributed by atoms with Crippen molar-refractivity contribution in [2.45, 2.75) is 13.8 Å². The summed E-state index contributed by atoms with van der Waals surface area (Å²) in [5.41, 5.74) is 11.0. The van der Waals surface area contributed by atoms with Crippen LogP contribution in [0.3, 0.4) is 0 Å². The van der Waals surface area contributed by atoms with E-state index in [0.717, 1.165) is 0 Å². The fourth-order valence-corrected chi connectivity index (χ4v) is 1.92. The van der Waals surface area contributed by atoms with E-state index in [2.05, 4.69) is 9.76 Å². The SMILES string of the molecule is CCOP(=O)(/N=C(N)\N=C(/N)N(C)C)OCC. The van der Waals surface area contributed by atoms with Gasteiger partial charge in [-0.25, -0.2) is 4.57 Å². The average molecular weight is 265 g/mol.